The Morgan fingerprint density at radius 3 is 2.41 bits per heavy atom. The largest absolute Gasteiger partial charge is 0.452 e. The first-order valence-electron chi connectivity index (χ1n) is 7.14. The van der Waals surface area contributed by atoms with E-state index in [0.717, 1.165) is 24.3 Å². The number of nitrogens with two attached hydrogens (primary N) is 1. The van der Waals surface area contributed by atoms with Crippen LogP contribution in [-0.2, 0) is 9.53 Å². The molecule has 1 amide bonds. The van der Waals surface area contributed by atoms with Crippen molar-refractivity contribution in [3.05, 3.63) is 67.2 Å². The Morgan fingerprint density at radius 2 is 1.81 bits per heavy atom. The van der Waals surface area contributed by atoms with E-state index in [4.69, 9.17) is 22.1 Å². The predicted molar refractivity (Wildman–Crippen MR) is 94.5 cm³/mol. The number of hydrogen-bond acceptors (Lipinski definition) is 8. The number of carbonyl (C=O) groups is 2. The number of esters is 1. The molecule has 0 fully saturated rings. The van der Waals surface area contributed by atoms with Crippen molar-refractivity contribution in [1.29, 1.82) is 0 Å². The van der Waals surface area contributed by atoms with E-state index >= 15 is 0 Å². The molecule has 0 saturated carbocycles. The van der Waals surface area contributed by atoms with Gasteiger partial charge in [0.25, 0.3) is 17.3 Å². The molecular formula is C15H11ClN4O7. The standard InChI is InChI=1S/C15H11ClN4O7/c16-11-4-1-8(5-13(11)20(25)26)18-14(21)7-27-15(22)10-3-2-9(19(23)24)6-12(10)17/h1-6H,7,17H2,(H,18,21). The maximum Gasteiger partial charge on any atom is 0.340 e. The molecule has 0 bridgehead atoms. The van der Waals surface area contributed by atoms with Crippen LogP contribution < -0.4 is 11.1 Å². The lowest BCUT2D eigenvalue weighted by Crippen LogP contribution is -2.21. The number of nitrogens with zero attached hydrogens (tertiary/aromatic N) is 2. The number of ether oxygens (including phenoxy) is 1. The van der Waals surface area contributed by atoms with Crippen molar-refractivity contribution < 1.29 is 24.2 Å². The summed E-state index contributed by atoms with van der Waals surface area (Å²) in [5.41, 5.74) is 4.63. The molecule has 0 aliphatic heterocycles. The molecule has 2 aromatic carbocycles. The van der Waals surface area contributed by atoms with Crippen LogP contribution in [0.2, 0.25) is 5.02 Å². The van der Waals surface area contributed by atoms with Crippen molar-refractivity contribution in [3.8, 4) is 0 Å². The Hall–Kier alpha value is -3.73. The quantitative estimate of drug-likeness (QED) is 0.326. The molecule has 3 N–H and O–H groups in total. The Kier molecular flexibility index (Phi) is 5.88. The molecule has 0 radical (unpaired) electrons. The Balaban J connectivity index is 1.99. The molecule has 0 heterocycles. The highest BCUT2D eigenvalue weighted by molar-refractivity contribution is 6.32. The van der Waals surface area contributed by atoms with Crippen LogP contribution in [0.5, 0.6) is 0 Å². The zero-order chi connectivity index (χ0) is 20.1. The van der Waals surface area contributed by atoms with Crippen LogP contribution in [0.25, 0.3) is 0 Å². The summed E-state index contributed by atoms with van der Waals surface area (Å²) in [4.78, 5) is 43.8. The molecular weight excluding hydrogens is 384 g/mol. The number of non-ortho nitro benzene ring substituents is 1. The third-order valence-electron chi connectivity index (χ3n) is 3.23. The number of nitrogen functional groups attached to an aromatic ring is 1. The molecule has 0 spiro atoms. The van der Waals surface area contributed by atoms with Crippen LogP contribution in [0, 0.1) is 20.2 Å². The lowest BCUT2D eigenvalue weighted by molar-refractivity contribution is -0.384. The lowest BCUT2D eigenvalue weighted by Gasteiger charge is -2.08. The van der Waals surface area contributed by atoms with Gasteiger partial charge in [0, 0.05) is 23.9 Å². The molecule has 11 nitrogen and oxygen atoms in total. The average molecular weight is 395 g/mol. The fourth-order valence-electron chi connectivity index (χ4n) is 1.99. The Labute approximate surface area is 156 Å². The van der Waals surface area contributed by atoms with Gasteiger partial charge in [-0.25, -0.2) is 4.79 Å². The summed E-state index contributed by atoms with van der Waals surface area (Å²) in [6.45, 7) is -0.703. The van der Waals surface area contributed by atoms with Crippen molar-refractivity contribution in [2.45, 2.75) is 0 Å². The van der Waals surface area contributed by atoms with E-state index in [1.807, 2.05) is 0 Å². The fourth-order valence-corrected chi connectivity index (χ4v) is 2.17. The predicted octanol–water partition coefficient (Wildman–Crippen LogP) is 2.53. The van der Waals surface area contributed by atoms with Gasteiger partial charge in [-0.2, -0.15) is 0 Å². The zero-order valence-electron chi connectivity index (χ0n) is 13.4. The minimum atomic E-state index is -0.959. The number of rotatable bonds is 6. The lowest BCUT2D eigenvalue weighted by atomic mass is 10.1. The highest BCUT2D eigenvalue weighted by Gasteiger charge is 2.18. The minimum absolute atomic E-state index is 0.0852. The van der Waals surface area contributed by atoms with E-state index < -0.39 is 34.0 Å². The first-order chi connectivity index (χ1) is 12.7. The highest BCUT2D eigenvalue weighted by Crippen LogP contribution is 2.27. The van der Waals surface area contributed by atoms with Gasteiger partial charge in [-0.1, -0.05) is 11.6 Å². The van der Waals surface area contributed by atoms with Crippen LogP contribution in [-0.4, -0.2) is 28.3 Å². The second-order valence-corrected chi connectivity index (χ2v) is 5.48. The minimum Gasteiger partial charge on any atom is -0.452 e. The van der Waals surface area contributed by atoms with Gasteiger partial charge in [-0.05, 0) is 18.2 Å². The fraction of sp³-hybridized carbons (Fsp3) is 0.0667. The molecule has 27 heavy (non-hydrogen) atoms. The molecule has 2 aromatic rings. The first kappa shape index (κ1) is 19.6. The summed E-state index contributed by atoms with van der Waals surface area (Å²) in [7, 11) is 0. The molecule has 0 atom stereocenters. The number of anilines is 2. The van der Waals surface area contributed by atoms with Gasteiger partial charge in [0.1, 0.15) is 5.02 Å². The van der Waals surface area contributed by atoms with Gasteiger partial charge in [0.15, 0.2) is 6.61 Å². The van der Waals surface area contributed by atoms with Gasteiger partial charge >= 0.3 is 5.97 Å². The molecule has 0 aliphatic rings. The zero-order valence-corrected chi connectivity index (χ0v) is 14.1. The van der Waals surface area contributed by atoms with E-state index in [2.05, 4.69) is 5.32 Å². The van der Waals surface area contributed by atoms with Gasteiger partial charge in [-0.15, -0.1) is 0 Å². The van der Waals surface area contributed by atoms with E-state index in [-0.39, 0.29) is 27.6 Å². The van der Waals surface area contributed by atoms with Crippen LogP contribution in [0.4, 0.5) is 22.7 Å². The number of hydrogen-bond donors (Lipinski definition) is 2. The van der Waals surface area contributed by atoms with Crippen LogP contribution in [0.15, 0.2) is 36.4 Å². The average Bonchev–Trinajstić information content (AvgIpc) is 2.60. The van der Waals surface area contributed by atoms with Gasteiger partial charge in [-0.3, -0.25) is 25.0 Å². The topological polar surface area (TPSA) is 168 Å². The summed E-state index contributed by atoms with van der Waals surface area (Å²) in [5.74, 6) is -1.72. The number of benzene rings is 2. The first-order valence-corrected chi connectivity index (χ1v) is 7.51. The normalized spacial score (nSPS) is 10.1. The number of halogens is 1. The molecule has 0 aromatic heterocycles. The summed E-state index contributed by atoms with van der Waals surface area (Å²) in [5, 5.41) is 23.7. The molecule has 0 aliphatic carbocycles. The SMILES string of the molecule is Nc1cc([N+](=O)[O-])ccc1C(=O)OCC(=O)Nc1ccc(Cl)c([N+](=O)[O-])c1. The van der Waals surface area contributed by atoms with E-state index in [1.165, 1.54) is 12.1 Å². The van der Waals surface area contributed by atoms with Crippen LogP contribution in [0.1, 0.15) is 10.4 Å². The summed E-state index contributed by atoms with van der Waals surface area (Å²) in [6, 6.07) is 6.79. The number of nitro benzene ring substituents is 2. The van der Waals surface area contributed by atoms with E-state index in [0.29, 0.717) is 0 Å². The molecule has 140 valence electrons. The molecule has 2 rings (SSSR count). The van der Waals surface area contributed by atoms with Crippen molar-refractivity contribution in [1.82, 2.24) is 0 Å². The smallest absolute Gasteiger partial charge is 0.340 e. The molecule has 0 unspecified atom stereocenters. The van der Waals surface area contributed by atoms with Crippen molar-refractivity contribution in [2.24, 2.45) is 0 Å². The van der Waals surface area contributed by atoms with Gasteiger partial charge in [0.05, 0.1) is 21.1 Å². The summed E-state index contributed by atoms with van der Waals surface area (Å²) in [6.07, 6.45) is 0. The number of nitrogens with one attached hydrogen (secondary N) is 1. The maximum atomic E-state index is 11.9. The van der Waals surface area contributed by atoms with Gasteiger partial charge in [0.2, 0.25) is 0 Å². The van der Waals surface area contributed by atoms with Gasteiger partial charge < -0.3 is 15.8 Å². The summed E-state index contributed by atoms with van der Waals surface area (Å²) >= 11 is 5.67. The van der Waals surface area contributed by atoms with E-state index in [1.54, 1.807) is 0 Å². The Bertz CT molecular complexity index is 948. The third kappa shape index (κ3) is 4.89. The van der Waals surface area contributed by atoms with Crippen LogP contribution in [0.3, 0.4) is 0 Å². The number of nitro groups is 2. The highest BCUT2D eigenvalue weighted by atomic mass is 35.5. The van der Waals surface area contributed by atoms with E-state index in [9.17, 15) is 29.8 Å². The van der Waals surface area contributed by atoms with Crippen molar-refractivity contribution in [3.63, 3.8) is 0 Å². The number of amides is 1. The third-order valence-corrected chi connectivity index (χ3v) is 3.55. The monoisotopic (exact) mass is 394 g/mol. The second-order valence-electron chi connectivity index (χ2n) is 5.08. The van der Waals surface area contributed by atoms with Crippen molar-refractivity contribution in [2.75, 3.05) is 17.7 Å². The Morgan fingerprint density at radius 1 is 1.11 bits per heavy atom. The second kappa shape index (κ2) is 8.10. The molecule has 12 heteroatoms. The maximum absolute atomic E-state index is 11.9. The van der Waals surface area contributed by atoms with Crippen LogP contribution >= 0.6 is 11.6 Å². The molecule has 0 saturated heterocycles. The van der Waals surface area contributed by atoms with Crippen molar-refractivity contribution >= 4 is 46.2 Å². The number of carbonyl (C=O) groups excluding carboxylic acids is 2. The summed E-state index contributed by atoms with van der Waals surface area (Å²) < 4.78 is 4.78.